The smallest absolute Gasteiger partial charge is 0.312 e. The Morgan fingerprint density at radius 1 is 1.17 bits per heavy atom. The third-order valence-corrected chi connectivity index (χ3v) is 6.04. The Balaban J connectivity index is 1.54. The highest BCUT2D eigenvalue weighted by molar-refractivity contribution is 7.14. The van der Waals surface area contributed by atoms with E-state index < -0.39 is 12.1 Å². The van der Waals surface area contributed by atoms with Gasteiger partial charge in [-0.3, -0.25) is 9.59 Å². The molecule has 3 aromatic rings. The largest absolute Gasteiger partial charge is 0.452 e. The fraction of sp³-hybridized carbons (Fsp3) is 0.318. The highest BCUT2D eigenvalue weighted by Gasteiger charge is 2.22. The topological polar surface area (TPSA) is 68.3 Å². The molecule has 29 heavy (non-hydrogen) atoms. The highest BCUT2D eigenvalue weighted by Crippen LogP contribution is 2.26. The van der Waals surface area contributed by atoms with Crippen molar-refractivity contribution in [2.75, 3.05) is 0 Å². The van der Waals surface area contributed by atoms with Crippen LogP contribution in [-0.4, -0.2) is 23.0 Å². The van der Waals surface area contributed by atoms with Crippen LogP contribution in [0.3, 0.4) is 0 Å². The van der Waals surface area contributed by atoms with Gasteiger partial charge in [-0.25, -0.2) is 4.98 Å². The summed E-state index contributed by atoms with van der Waals surface area (Å²) in [6.07, 6.45) is 0.945. The number of hydrogen-bond donors (Lipinski definition) is 1. The van der Waals surface area contributed by atoms with Crippen LogP contribution in [0.5, 0.6) is 0 Å². The maximum Gasteiger partial charge on any atom is 0.312 e. The molecular weight excluding hydrogens is 404 g/mol. The summed E-state index contributed by atoms with van der Waals surface area (Å²) in [5.74, 6) is -0.750. The molecule has 0 aliphatic heterocycles. The maximum atomic E-state index is 12.5. The maximum absolute atomic E-state index is 12.5. The van der Waals surface area contributed by atoms with Crippen molar-refractivity contribution < 1.29 is 14.3 Å². The van der Waals surface area contributed by atoms with E-state index >= 15 is 0 Å². The second kappa shape index (κ2) is 10.3. The molecule has 2 unspecified atom stereocenters. The molecule has 0 saturated carbocycles. The lowest BCUT2D eigenvalue weighted by atomic mass is 10.0. The van der Waals surface area contributed by atoms with Crippen molar-refractivity contribution in [3.8, 4) is 10.6 Å². The zero-order valence-electron chi connectivity index (χ0n) is 16.5. The van der Waals surface area contributed by atoms with Crippen molar-refractivity contribution in [2.45, 2.75) is 45.3 Å². The number of carbonyl (C=O) groups excluding carboxylic acids is 2. The molecule has 0 fully saturated rings. The molecule has 3 rings (SSSR count). The van der Waals surface area contributed by atoms with E-state index in [0.717, 1.165) is 29.0 Å². The number of thiophene rings is 1. The van der Waals surface area contributed by atoms with Crippen LogP contribution in [0.25, 0.3) is 10.6 Å². The van der Waals surface area contributed by atoms with Gasteiger partial charge < -0.3 is 10.1 Å². The molecular formula is C22H24N2O3S2. The summed E-state index contributed by atoms with van der Waals surface area (Å²) < 4.78 is 5.35. The SMILES string of the molecule is CCCC(NC(=O)C(C)OC(=O)Cc1csc(-c2ccsc2)n1)c1ccccc1. The number of aromatic nitrogens is 1. The number of nitrogens with zero attached hydrogens (tertiary/aromatic N) is 1. The van der Waals surface area contributed by atoms with Crippen LogP contribution in [-0.2, 0) is 20.7 Å². The van der Waals surface area contributed by atoms with E-state index in [2.05, 4.69) is 17.2 Å². The zero-order valence-corrected chi connectivity index (χ0v) is 18.1. The number of esters is 1. The fourth-order valence-corrected chi connectivity index (χ4v) is 4.46. The van der Waals surface area contributed by atoms with Crippen molar-refractivity contribution in [1.82, 2.24) is 10.3 Å². The lowest BCUT2D eigenvalue weighted by Gasteiger charge is -2.21. The Morgan fingerprint density at radius 3 is 2.66 bits per heavy atom. The Labute approximate surface area is 178 Å². The zero-order chi connectivity index (χ0) is 20.6. The number of benzene rings is 1. The molecule has 0 aliphatic rings. The molecule has 0 spiro atoms. The first-order valence-electron chi connectivity index (χ1n) is 9.58. The van der Waals surface area contributed by atoms with E-state index in [1.807, 2.05) is 52.5 Å². The Bertz CT molecular complexity index is 923. The average molecular weight is 429 g/mol. The van der Waals surface area contributed by atoms with Gasteiger partial charge in [0.25, 0.3) is 5.91 Å². The quantitative estimate of drug-likeness (QED) is 0.487. The van der Waals surface area contributed by atoms with E-state index in [9.17, 15) is 9.59 Å². The van der Waals surface area contributed by atoms with Crippen molar-refractivity contribution in [3.63, 3.8) is 0 Å². The van der Waals surface area contributed by atoms with Crippen LogP contribution in [0.1, 0.15) is 44.0 Å². The third kappa shape index (κ3) is 5.98. The predicted octanol–water partition coefficient (Wildman–Crippen LogP) is 5.00. The van der Waals surface area contributed by atoms with Crippen LogP contribution in [0.15, 0.2) is 52.5 Å². The molecule has 1 amide bonds. The second-order valence-corrected chi connectivity index (χ2v) is 8.36. The van der Waals surface area contributed by atoms with E-state index in [0.29, 0.717) is 5.69 Å². The van der Waals surface area contributed by atoms with Crippen LogP contribution < -0.4 is 5.32 Å². The molecule has 5 nitrogen and oxygen atoms in total. The molecule has 7 heteroatoms. The summed E-state index contributed by atoms with van der Waals surface area (Å²) in [6, 6.07) is 11.7. The van der Waals surface area contributed by atoms with Gasteiger partial charge in [-0.15, -0.1) is 11.3 Å². The molecule has 0 radical (unpaired) electrons. The van der Waals surface area contributed by atoms with Gasteiger partial charge in [0.05, 0.1) is 18.2 Å². The molecule has 0 saturated heterocycles. The molecule has 2 aromatic heterocycles. The minimum Gasteiger partial charge on any atom is -0.452 e. The molecule has 0 bridgehead atoms. The average Bonchev–Trinajstić information content (AvgIpc) is 3.40. The first-order valence-corrected chi connectivity index (χ1v) is 11.4. The first kappa shape index (κ1) is 21.2. The fourth-order valence-electron chi connectivity index (χ4n) is 2.93. The summed E-state index contributed by atoms with van der Waals surface area (Å²) in [5.41, 5.74) is 2.75. The Morgan fingerprint density at radius 2 is 1.97 bits per heavy atom. The van der Waals surface area contributed by atoms with Crippen molar-refractivity contribution in [3.05, 3.63) is 63.8 Å². The lowest BCUT2D eigenvalue weighted by Crippen LogP contribution is -2.38. The molecule has 152 valence electrons. The summed E-state index contributed by atoms with van der Waals surface area (Å²) in [5, 5.41) is 9.74. The number of thiazole rings is 1. The van der Waals surface area contributed by atoms with Crippen molar-refractivity contribution >= 4 is 34.6 Å². The molecule has 1 aromatic carbocycles. The minimum absolute atomic E-state index is 0.0509. The van der Waals surface area contributed by atoms with Crippen LogP contribution in [0.2, 0.25) is 0 Å². The monoisotopic (exact) mass is 428 g/mol. The molecule has 2 atom stereocenters. The normalized spacial score (nSPS) is 12.9. The predicted molar refractivity (Wildman–Crippen MR) is 117 cm³/mol. The van der Waals surface area contributed by atoms with Gasteiger partial charge in [0, 0.05) is 16.3 Å². The summed E-state index contributed by atoms with van der Waals surface area (Å²) in [6.45, 7) is 3.67. The van der Waals surface area contributed by atoms with Gasteiger partial charge in [0.15, 0.2) is 6.10 Å². The van der Waals surface area contributed by atoms with Crippen molar-refractivity contribution in [2.24, 2.45) is 0 Å². The third-order valence-electron chi connectivity index (χ3n) is 4.42. The lowest BCUT2D eigenvalue weighted by molar-refractivity contribution is -0.154. The van der Waals surface area contributed by atoms with Crippen LogP contribution in [0.4, 0.5) is 0 Å². The number of nitrogens with one attached hydrogen (secondary N) is 1. The number of rotatable bonds is 9. The first-order chi connectivity index (χ1) is 14.1. The molecule has 2 heterocycles. The standard InChI is InChI=1S/C22H24N2O3S2/c1-3-7-19(16-8-5-4-6-9-16)24-21(26)15(2)27-20(25)12-18-14-29-22(23-18)17-10-11-28-13-17/h4-6,8-11,13-15,19H,3,7,12H2,1-2H3,(H,24,26). The van der Waals surface area contributed by atoms with Gasteiger partial charge in [-0.1, -0.05) is 43.7 Å². The number of ether oxygens (including phenoxy) is 1. The Hall–Kier alpha value is -2.51. The highest BCUT2D eigenvalue weighted by atomic mass is 32.1. The summed E-state index contributed by atoms with van der Waals surface area (Å²) in [4.78, 5) is 29.3. The molecule has 1 N–H and O–H groups in total. The van der Waals surface area contributed by atoms with Crippen LogP contribution >= 0.6 is 22.7 Å². The van der Waals surface area contributed by atoms with E-state index in [4.69, 9.17) is 4.74 Å². The van der Waals surface area contributed by atoms with Gasteiger partial charge >= 0.3 is 5.97 Å². The van der Waals surface area contributed by atoms with E-state index in [1.54, 1.807) is 18.3 Å². The van der Waals surface area contributed by atoms with Gasteiger partial charge in [0.2, 0.25) is 0 Å². The van der Waals surface area contributed by atoms with Gasteiger partial charge in [-0.2, -0.15) is 11.3 Å². The van der Waals surface area contributed by atoms with Crippen molar-refractivity contribution in [1.29, 1.82) is 0 Å². The van der Waals surface area contributed by atoms with E-state index in [-0.39, 0.29) is 18.4 Å². The molecule has 0 aliphatic carbocycles. The second-order valence-electron chi connectivity index (χ2n) is 6.73. The van der Waals surface area contributed by atoms with Crippen LogP contribution in [0, 0.1) is 0 Å². The number of carbonyl (C=O) groups is 2. The van der Waals surface area contributed by atoms with Gasteiger partial charge in [0.1, 0.15) is 5.01 Å². The number of hydrogen-bond acceptors (Lipinski definition) is 6. The van der Waals surface area contributed by atoms with Gasteiger partial charge in [-0.05, 0) is 30.4 Å². The minimum atomic E-state index is -0.861. The van der Waals surface area contributed by atoms with E-state index in [1.165, 1.54) is 11.3 Å². The number of amides is 1. The summed E-state index contributed by atoms with van der Waals surface area (Å²) >= 11 is 3.10. The Kier molecular flexibility index (Phi) is 7.55. The summed E-state index contributed by atoms with van der Waals surface area (Å²) in [7, 11) is 0.